The predicted octanol–water partition coefficient (Wildman–Crippen LogP) is 1.78. The average molecular weight is 323 g/mol. The topological polar surface area (TPSA) is 67.2 Å². The first kappa shape index (κ1) is 16.3. The van der Waals surface area contributed by atoms with Crippen molar-refractivity contribution in [3.05, 3.63) is 46.8 Å². The van der Waals surface area contributed by atoms with Crippen LogP contribution in [0.1, 0.15) is 40.2 Å². The number of hydrogen-bond acceptors (Lipinski definition) is 3. The highest BCUT2D eigenvalue weighted by molar-refractivity contribution is 5.94. The third kappa shape index (κ3) is 2.93. The highest BCUT2D eigenvalue weighted by atomic mass is 16.3. The molecule has 1 unspecified atom stereocenters. The van der Waals surface area contributed by atoms with Gasteiger partial charge in [0, 0.05) is 17.7 Å². The number of aromatic nitrogens is 2. The summed E-state index contributed by atoms with van der Waals surface area (Å²) >= 11 is 0. The minimum absolute atomic E-state index is 0.184. The number of aliphatic hydroxyl groups excluding tert-OH is 1. The maximum atomic E-state index is 12.6. The molecule has 1 aliphatic carbocycles. The normalized spacial score (nSPS) is 14.0. The van der Waals surface area contributed by atoms with E-state index in [-0.39, 0.29) is 12.5 Å². The number of fused-ring (bicyclic) bond motifs is 1. The zero-order chi connectivity index (χ0) is 17.1. The monoisotopic (exact) mass is 323 g/mol. The molecule has 1 aliphatic rings. The molecule has 1 aromatic carbocycles. The Morgan fingerprint density at radius 1 is 1.46 bits per heavy atom. The summed E-state index contributed by atoms with van der Waals surface area (Å²) in [6.45, 7) is 1.85. The van der Waals surface area contributed by atoms with Gasteiger partial charge in [0.1, 0.15) is 0 Å². The van der Waals surface area contributed by atoms with Crippen molar-refractivity contribution in [1.29, 1.82) is 0 Å². The van der Waals surface area contributed by atoms with Gasteiger partial charge in [-0.05, 0) is 37.8 Å². The standard InChI is InChI=1S/C19H21N3O2/c1-3-7-14(12-23)20-19(24)18-15-9-6-11-17(15)22(21-18)16-10-5-4-8-13(16)2/h1,4-5,8,10,14,23H,6-7,9,11-12H2,2H3,(H,20,24). The van der Waals surface area contributed by atoms with Crippen LogP contribution in [0, 0.1) is 19.3 Å². The third-order valence-corrected chi connectivity index (χ3v) is 4.41. The van der Waals surface area contributed by atoms with E-state index >= 15 is 0 Å². The van der Waals surface area contributed by atoms with Crippen LogP contribution in [-0.4, -0.2) is 33.4 Å². The SMILES string of the molecule is C#CCC(CO)NC(=O)c1nn(-c2ccccc2C)c2c1CCC2. The van der Waals surface area contributed by atoms with Gasteiger partial charge in [-0.15, -0.1) is 12.3 Å². The first-order valence-corrected chi connectivity index (χ1v) is 8.17. The van der Waals surface area contributed by atoms with Crippen molar-refractivity contribution in [2.45, 2.75) is 38.6 Å². The van der Waals surface area contributed by atoms with E-state index in [0.29, 0.717) is 12.1 Å². The number of aryl methyl sites for hydroxylation is 1. The lowest BCUT2D eigenvalue weighted by molar-refractivity contribution is 0.0911. The van der Waals surface area contributed by atoms with Gasteiger partial charge in [0.15, 0.2) is 5.69 Å². The lowest BCUT2D eigenvalue weighted by Crippen LogP contribution is -2.37. The number of nitrogens with zero attached hydrogens (tertiary/aromatic N) is 2. The maximum Gasteiger partial charge on any atom is 0.272 e. The predicted molar refractivity (Wildman–Crippen MR) is 92.1 cm³/mol. The van der Waals surface area contributed by atoms with E-state index in [2.05, 4.69) is 16.3 Å². The molecule has 1 atom stereocenters. The molecule has 1 aromatic heterocycles. The molecule has 2 aromatic rings. The number of carbonyl (C=O) groups excluding carboxylic acids is 1. The second kappa shape index (κ2) is 6.90. The number of nitrogens with one attached hydrogen (secondary N) is 1. The molecule has 5 heteroatoms. The molecule has 124 valence electrons. The zero-order valence-electron chi connectivity index (χ0n) is 13.7. The van der Waals surface area contributed by atoms with Crippen LogP contribution in [0.2, 0.25) is 0 Å². The number of para-hydroxylation sites is 1. The molecule has 24 heavy (non-hydrogen) atoms. The number of rotatable bonds is 5. The zero-order valence-corrected chi connectivity index (χ0v) is 13.7. The minimum atomic E-state index is -0.442. The van der Waals surface area contributed by atoms with E-state index in [4.69, 9.17) is 6.42 Å². The summed E-state index contributed by atoms with van der Waals surface area (Å²) in [5.74, 6) is 2.20. The fraction of sp³-hybridized carbons (Fsp3) is 0.368. The quantitative estimate of drug-likeness (QED) is 0.824. The van der Waals surface area contributed by atoms with Crippen LogP contribution < -0.4 is 5.32 Å². The van der Waals surface area contributed by atoms with Crippen LogP contribution >= 0.6 is 0 Å². The van der Waals surface area contributed by atoms with Gasteiger partial charge in [-0.3, -0.25) is 4.79 Å². The summed E-state index contributed by atoms with van der Waals surface area (Å²) in [7, 11) is 0. The Balaban J connectivity index is 1.96. The first-order valence-electron chi connectivity index (χ1n) is 8.17. The second-order valence-corrected chi connectivity index (χ2v) is 6.09. The Morgan fingerprint density at radius 3 is 2.96 bits per heavy atom. The number of amides is 1. The molecule has 0 spiro atoms. The van der Waals surface area contributed by atoms with Crippen LogP contribution in [0.15, 0.2) is 24.3 Å². The molecule has 3 rings (SSSR count). The van der Waals surface area contributed by atoms with Crippen molar-refractivity contribution in [2.75, 3.05) is 6.61 Å². The number of terminal acetylenes is 1. The maximum absolute atomic E-state index is 12.6. The van der Waals surface area contributed by atoms with Crippen molar-refractivity contribution < 1.29 is 9.90 Å². The van der Waals surface area contributed by atoms with Crippen molar-refractivity contribution in [1.82, 2.24) is 15.1 Å². The molecule has 2 N–H and O–H groups in total. The Labute approximate surface area is 141 Å². The van der Waals surface area contributed by atoms with Gasteiger partial charge in [-0.2, -0.15) is 5.10 Å². The largest absolute Gasteiger partial charge is 0.394 e. The minimum Gasteiger partial charge on any atom is -0.394 e. The lowest BCUT2D eigenvalue weighted by Gasteiger charge is -2.12. The molecule has 0 aliphatic heterocycles. The molecule has 1 amide bonds. The van der Waals surface area contributed by atoms with E-state index in [0.717, 1.165) is 41.8 Å². The summed E-state index contributed by atoms with van der Waals surface area (Å²) in [6.07, 6.45) is 8.35. The van der Waals surface area contributed by atoms with Crippen molar-refractivity contribution in [3.8, 4) is 18.0 Å². The number of benzene rings is 1. The van der Waals surface area contributed by atoms with E-state index in [1.165, 1.54) is 0 Å². The highest BCUT2D eigenvalue weighted by Crippen LogP contribution is 2.28. The van der Waals surface area contributed by atoms with Gasteiger partial charge in [0.05, 0.1) is 18.3 Å². The van der Waals surface area contributed by atoms with Crippen LogP contribution in [0.5, 0.6) is 0 Å². The smallest absolute Gasteiger partial charge is 0.272 e. The van der Waals surface area contributed by atoms with Gasteiger partial charge in [-0.25, -0.2) is 4.68 Å². The summed E-state index contributed by atoms with van der Waals surface area (Å²) in [6, 6.07) is 7.56. The molecular formula is C19H21N3O2. The van der Waals surface area contributed by atoms with E-state index < -0.39 is 6.04 Å². The van der Waals surface area contributed by atoms with Gasteiger partial charge in [0.2, 0.25) is 0 Å². The molecule has 0 saturated heterocycles. The molecular weight excluding hydrogens is 302 g/mol. The summed E-state index contributed by atoms with van der Waals surface area (Å²) < 4.78 is 1.89. The van der Waals surface area contributed by atoms with Crippen molar-refractivity contribution in [2.24, 2.45) is 0 Å². The van der Waals surface area contributed by atoms with Crippen LogP contribution in [0.4, 0.5) is 0 Å². The molecule has 0 radical (unpaired) electrons. The fourth-order valence-corrected chi connectivity index (χ4v) is 3.18. The summed E-state index contributed by atoms with van der Waals surface area (Å²) in [5, 5.41) is 16.7. The molecule has 0 bridgehead atoms. The van der Waals surface area contributed by atoms with Gasteiger partial charge in [0.25, 0.3) is 5.91 Å². The van der Waals surface area contributed by atoms with Gasteiger partial charge >= 0.3 is 0 Å². The number of hydrogen-bond donors (Lipinski definition) is 2. The van der Waals surface area contributed by atoms with Crippen molar-refractivity contribution in [3.63, 3.8) is 0 Å². The van der Waals surface area contributed by atoms with Crippen LogP contribution in [-0.2, 0) is 12.8 Å². The van der Waals surface area contributed by atoms with Crippen LogP contribution in [0.3, 0.4) is 0 Å². The average Bonchev–Trinajstić information content (AvgIpc) is 3.17. The number of aliphatic hydroxyl groups is 1. The molecule has 5 nitrogen and oxygen atoms in total. The molecule has 0 saturated carbocycles. The number of carbonyl (C=O) groups is 1. The first-order chi connectivity index (χ1) is 11.7. The fourth-order valence-electron chi connectivity index (χ4n) is 3.18. The van der Waals surface area contributed by atoms with E-state index in [1.54, 1.807) is 0 Å². The Bertz CT molecular complexity index is 801. The Kier molecular flexibility index (Phi) is 4.68. The third-order valence-electron chi connectivity index (χ3n) is 4.41. The highest BCUT2D eigenvalue weighted by Gasteiger charge is 2.28. The summed E-state index contributed by atoms with van der Waals surface area (Å²) in [4.78, 5) is 12.6. The molecule has 0 fully saturated rings. The second-order valence-electron chi connectivity index (χ2n) is 6.09. The van der Waals surface area contributed by atoms with E-state index in [1.807, 2.05) is 35.9 Å². The Hall–Kier alpha value is -2.58. The van der Waals surface area contributed by atoms with Crippen molar-refractivity contribution >= 4 is 5.91 Å². The van der Waals surface area contributed by atoms with Gasteiger partial charge < -0.3 is 10.4 Å². The molecule has 1 heterocycles. The Morgan fingerprint density at radius 2 is 2.25 bits per heavy atom. The lowest BCUT2D eigenvalue weighted by atomic mass is 10.1. The summed E-state index contributed by atoms with van der Waals surface area (Å²) in [5.41, 5.74) is 4.67. The van der Waals surface area contributed by atoms with Crippen LogP contribution in [0.25, 0.3) is 5.69 Å². The van der Waals surface area contributed by atoms with Gasteiger partial charge in [-0.1, -0.05) is 18.2 Å². The van der Waals surface area contributed by atoms with E-state index in [9.17, 15) is 9.90 Å².